The zero-order valence-corrected chi connectivity index (χ0v) is 13.6. The lowest BCUT2D eigenvalue weighted by molar-refractivity contribution is -0.133. The van der Waals surface area contributed by atoms with Gasteiger partial charge in [-0.2, -0.15) is 0 Å². The topological polar surface area (TPSA) is 52.7 Å². The quantitative estimate of drug-likeness (QED) is 0.904. The van der Waals surface area contributed by atoms with E-state index in [4.69, 9.17) is 0 Å². The molecule has 1 aromatic carbocycles. The molecule has 0 aromatic heterocycles. The van der Waals surface area contributed by atoms with Gasteiger partial charge in [-0.15, -0.1) is 0 Å². The molecule has 1 saturated carbocycles. The third-order valence-corrected chi connectivity index (χ3v) is 5.24. The second-order valence-corrected chi connectivity index (χ2v) is 7.00. The van der Waals surface area contributed by atoms with E-state index >= 15 is 0 Å². The molecule has 2 fully saturated rings. The zero-order valence-electron chi connectivity index (χ0n) is 13.6. The molecule has 0 atom stereocenters. The minimum Gasteiger partial charge on any atom is -0.342 e. The van der Waals surface area contributed by atoms with Crippen molar-refractivity contribution in [1.82, 2.24) is 10.2 Å². The van der Waals surface area contributed by atoms with Crippen LogP contribution in [0.5, 0.6) is 0 Å². The van der Waals surface area contributed by atoms with Crippen molar-refractivity contribution < 1.29 is 14.0 Å². The highest BCUT2D eigenvalue weighted by Gasteiger charge is 2.35. The number of likely N-dealkylation sites (tertiary alicyclic amines) is 1. The molecule has 3 amide bonds. The first kappa shape index (κ1) is 15.4. The Balaban J connectivity index is 1.32. The first-order valence-corrected chi connectivity index (χ1v) is 8.77. The van der Waals surface area contributed by atoms with Crippen molar-refractivity contribution in [3.63, 3.8) is 0 Å². The standard InChI is InChI=1S/C18H22FN3O2/c19-14-3-4-16-13(11-14)5-10-22(16)18(24)20-15-6-8-21(9-7-15)17(23)12-1-2-12/h3-4,11-12,15H,1-2,5-10H2,(H,20,24). The van der Waals surface area contributed by atoms with Gasteiger partial charge in [0.15, 0.2) is 0 Å². The van der Waals surface area contributed by atoms with Gasteiger partial charge >= 0.3 is 6.03 Å². The van der Waals surface area contributed by atoms with Crippen LogP contribution in [0.3, 0.4) is 0 Å². The molecule has 1 saturated heterocycles. The molecule has 1 aliphatic carbocycles. The Labute approximate surface area is 140 Å². The maximum absolute atomic E-state index is 13.3. The van der Waals surface area contributed by atoms with E-state index in [1.165, 1.54) is 12.1 Å². The number of fused-ring (bicyclic) bond motifs is 1. The highest BCUT2D eigenvalue weighted by Crippen LogP contribution is 2.32. The van der Waals surface area contributed by atoms with E-state index in [2.05, 4.69) is 5.32 Å². The van der Waals surface area contributed by atoms with Crippen molar-refractivity contribution in [3.8, 4) is 0 Å². The van der Waals surface area contributed by atoms with Gasteiger partial charge < -0.3 is 10.2 Å². The maximum atomic E-state index is 13.3. The van der Waals surface area contributed by atoms with E-state index in [1.54, 1.807) is 11.0 Å². The van der Waals surface area contributed by atoms with Crippen LogP contribution in [0.1, 0.15) is 31.2 Å². The lowest BCUT2D eigenvalue weighted by Gasteiger charge is -2.33. The SMILES string of the molecule is O=C(C1CC1)N1CCC(NC(=O)N2CCc3cc(F)ccc32)CC1. The molecular weight excluding hydrogens is 309 g/mol. The highest BCUT2D eigenvalue weighted by molar-refractivity contribution is 5.94. The summed E-state index contributed by atoms with van der Waals surface area (Å²) in [6, 6.07) is 4.56. The number of rotatable bonds is 2. The predicted molar refractivity (Wildman–Crippen MR) is 88.3 cm³/mol. The lowest BCUT2D eigenvalue weighted by Crippen LogP contribution is -2.50. The molecular formula is C18H22FN3O2. The van der Waals surface area contributed by atoms with Crippen molar-refractivity contribution >= 4 is 17.6 Å². The predicted octanol–water partition coefficient (Wildman–Crippen LogP) is 2.30. The smallest absolute Gasteiger partial charge is 0.322 e. The number of halogens is 1. The first-order valence-electron chi connectivity index (χ1n) is 8.77. The summed E-state index contributed by atoms with van der Waals surface area (Å²) in [7, 11) is 0. The Hall–Kier alpha value is -2.11. The van der Waals surface area contributed by atoms with Crippen LogP contribution in [-0.4, -0.2) is 42.5 Å². The normalized spacial score (nSPS) is 20.9. The molecule has 128 valence electrons. The largest absolute Gasteiger partial charge is 0.342 e. The molecule has 4 rings (SSSR count). The number of nitrogens with one attached hydrogen (secondary N) is 1. The maximum Gasteiger partial charge on any atom is 0.322 e. The molecule has 6 heteroatoms. The van der Waals surface area contributed by atoms with E-state index < -0.39 is 0 Å². The van der Waals surface area contributed by atoms with Gasteiger partial charge in [0.05, 0.1) is 0 Å². The molecule has 0 radical (unpaired) electrons. The molecule has 0 spiro atoms. The van der Waals surface area contributed by atoms with Gasteiger partial charge in [0.2, 0.25) is 5.91 Å². The molecule has 1 aromatic rings. The van der Waals surface area contributed by atoms with Crippen LogP contribution in [0.25, 0.3) is 0 Å². The monoisotopic (exact) mass is 331 g/mol. The summed E-state index contributed by atoms with van der Waals surface area (Å²) in [6.07, 6.45) is 4.35. The number of hydrogen-bond donors (Lipinski definition) is 1. The van der Waals surface area contributed by atoms with Crippen LogP contribution in [0.2, 0.25) is 0 Å². The van der Waals surface area contributed by atoms with Gasteiger partial charge in [-0.05, 0) is 55.9 Å². The fourth-order valence-electron chi connectivity index (χ4n) is 3.67. The number of carbonyl (C=O) groups is 2. The highest BCUT2D eigenvalue weighted by atomic mass is 19.1. The second kappa shape index (κ2) is 6.07. The summed E-state index contributed by atoms with van der Waals surface area (Å²) in [5.41, 5.74) is 1.69. The number of amides is 3. The second-order valence-electron chi connectivity index (χ2n) is 7.00. The fourth-order valence-corrected chi connectivity index (χ4v) is 3.67. The number of piperidine rings is 1. The summed E-state index contributed by atoms with van der Waals surface area (Å²) >= 11 is 0. The molecule has 2 heterocycles. The summed E-state index contributed by atoms with van der Waals surface area (Å²) in [6.45, 7) is 2.04. The van der Waals surface area contributed by atoms with Crippen molar-refractivity contribution in [2.24, 2.45) is 5.92 Å². The Morgan fingerprint density at radius 2 is 1.83 bits per heavy atom. The summed E-state index contributed by atoms with van der Waals surface area (Å²) in [5, 5.41) is 3.08. The Bertz CT molecular complexity index is 666. The van der Waals surface area contributed by atoms with Crippen LogP contribution in [0.15, 0.2) is 18.2 Å². The van der Waals surface area contributed by atoms with Crippen LogP contribution in [0, 0.1) is 11.7 Å². The average Bonchev–Trinajstić information content (AvgIpc) is 3.34. The van der Waals surface area contributed by atoms with Crippen molar-refractivity contribution in [2.75, 3.05) is 24.5 Å². The van der Waals surface area contributed by atoms with Crippen LogP contribution in [-0.2, 0) is 11.2 Å². The molecule has 5 nitrogen and oxygen atoms in total. The van der Waals surface area contributed by atoms with E-state index in [1.807, 2.05) is 4.90 Å². The molecule has 0 unspecified atom stereocenters. The number of nitrogens with zero attached hydrogens (tertiary/aromatic N) is 2. The van der Waals surface area contributed by atoms with Gasteiger partial charge in [-0.1, -0.05) is 0 Å². The number of hydrogen-bond acceptors (Lipinski definition) is 2. The van der Waals surface area contributed by atoms with Crippen LogP contribution in [0.4, 0.5) is 14.9 Å². The van der Waals surface area contributed by atoms with Crippen molar-refractivity contribution in [3.05, 3.63) is 29.6 Å². The molecule has 2 aliphatic heterocycles. The van der Waals surface area contributed by atoms with Gasteiger partial charge in [-0.3, -0.25) is 9.69 Å². The van der Waals surface area contributed by atoms with Gasteiger partial charge in [-0.25, -0.2) is 9.18 Å². The van der Waals surface area contributed by atoms with E-state index in [0.717, 1.165) is 50.0 Å². The Morgan fingerprint density at radius 3 is 2.54 bits per heavy atom. The fraction of sp³-hybridized carbons (Fsp3) is 0.556. The zero-order chi connectivity index (χ0) is 16.7. The number of benzene rings is 1. The number of anilines is 1. The van der Waals surface area contributed by atoms with Crippen LogP contribution < -0.4 is 10.2 Å². The summed E-state index contributed by atoms with van der Waals surface area (Å²) in [5.74, 6) is 0.289. The summed E-state index contributed by atoms with van der Waals surface area (Å²) in [4.78, 5) is 28.2. The van der Waals surface area contributed by atoms with Crippen molar-refractivity contribution in [2.45, 2.75) is 38.1 Å². The Morgan fingerprint density at radius 1 is 1.08 bits per heavy atom. The third-order valence-electron chi connectivity index (χ3n) is 5.24. The van der Waals surface area contributed by atoms with E-state index in [9.17, 15) is 14.0 Å². The molecule has 0 bridgehead atoms. The van der Waals surface area contributed by atoms with Crippen LogP contribution >= 0.6 is 0 Å². The Kier molecular flexibility index (Phi) is 3.90. The lowest BCUT2D eigenvalue weighted by atomic mass is 10.0. The van der Waals surface area contributed by atoms with E-state index in [0.29, 0.717) is 13.0 Å². The third kappa shape index (κ3) is 2.97. The molecule has 3 aliphatic rings. The first-order chi connectivity index (χ1) is 11.6. The van der Waals surface area contributed by atoms with Gasteiger partial charge in [0.1, 0.15) is 5.82 Å². The van der Waals surface area contributed by atoms with Gasteiger partial charge in [0, 0.05) is 37.3 Å². The molecule has 1 N–H and O–H groups in total. The average molecular weight is 331 g/mol. The van der Waals surface area contributed by atoms with Crippen molar-refractivity contribution in [1.29, 1.82) is 0 Å². The number of urea groups is 1. The minimum absolute atomic E-state index is 0.102. The molecule has 24 heavy (non-hydrogen) atoms. The summed E-state index contributed by atoms with van der Waals surface area (Å²) < 4.78 is 13.3. The minimum atomic E-state index is -0.260. The number of carbonyl (C=O) groups excluding carboxylic acids is 2. The van der Waals surface area contributed by atoms with Gasteiger partial charge in [0.25, 0.3) is 0 Å². The van der Waals surface area contributed by atoms with E-state index in [-0.39, 0.29) is 29.7 Å².